The molecule has 0 unspecified atom stereocenters. The van der Waals surface area contributed by atoms with Gasteiger partial charge in [-0.15, -0.1) is 0 Å². The van der Waals surface area contributed by atoms with E-state index in [-0.39, 0.29) is 6.03 Å². The lowest BCUT2D eigenvalue weighted by atomic mass is 9.82. The third-order valence-electron chi connectivity index (χ3n) is 5.13. The highest BCUT2D eigenvalue weighted by atomic mass is 16.4. The summed E-state index contributed by atoms with van der Waals surface area (Å²) >= 11 is 0. The first kappa shape index (κ1) is 14.6. The molecular weight excluding hydrogens is 270 g/mol. The number of carboxylic acids is 1. The van der Waals surface area contributed by atoms with Gasteiger partial charge in [-0.1, -0.05) is 19.3 Å². The third-order valence-corrected chi connectivity index (χ3v) is 5.13. The summed E-state index contributed by atoms with van der Waals surface area (Å²) in [7, 11) is 0. The molecule has 2 saturated carbocycles. The second-order valence-corrected chi connectivity index (χ2v) is 6.63. The molecule has 0 aromatic heterocycles. The Balaban J connectivity index is 1.56. The van der Waals surface area contributed by atoms with E-state index in [1.165, 1.54) is 12.8 Å². The van der Waals surface area contributed by atoms with E-state index >= 15 is 0 Å². The number of aliphatic carboxylic acids is 1. The van der Waals surface area contributed by atoms with Crippen LogP contribution in [0.5, 0.6) is 0 Å². The van der Waals surface area contributed by atoms with Gasteiger partial charge in [-0.25, -0.2) is 9.59 Å². The van der Waals surface area contributed by atoms with Gasteiger partial charge in [0.15, 0.2) is 0 Å². The van der Waals surface area contributed by atoms with Gasteiger partial charge >= 0.3 is 12.0 Å². The van der Waals surface area contributed by atoms with Crippen molar-refractivity contribution < 1.29 is 14.7 Å². The Kier molecular flexibility index (Phi) is 4.06. The number of hydrogen-bond acceptors (Lipinski definition) is 3. The fraction of sp³-hybridized carbons (Fsp3) is 0.867. The van der Waals surface area contributed by atoms with Crippen LogP contribution in [0, 0.1) is 0 Å². The lowest BCUT2D eigenvalue weighted by Gasteiger charge is -2.39. The molecule has 3 aliphatic rings. The average Bonchev–Trinajstić information content (AvgIpc) is 3.33. The highest BCUT2D eigenvalue weighted by Gasteiger charge is 2.42. The highest BCUT2D eigenvalue weighted by Crippen LogP contribution is 2.29. The van der Waals surface area contributed by atoms with Gasteiger partial charge in [0, 0.05) is 32.2 Å². The van der Waals surface area contributed by atoms with Crippen molar-refractivity contribution in [1.29, 1.82) is 0 Å². The Bertz CT molecular complexity index is 408. The first-order chi connectivity index (χ1) is 10.1. The summed E-state index contributed by atoms with van der Waals surface area (Å²) in [4.78, 5) is 28.2. The zero-order chi connectivity index (χ0) is 14.9. The smallest absolute Gasteiger partial charge is 0.329 e. The predicted molar refractivity (Wildman–Crippen MR) is 78.2 cm³/mol. The Morgan fingerprint density at radius 1 is 1.00 bits per heavy atom. The number of urea groups is 1. The summed E-state index contributed by atoms with van der Waals surface area (Å²) in [6.07, 6.45) is 6.49. The number of nitrogens with zero attached hydrogens (tertiary/aromatic N) is 2. The number of nitrogens with one attached hydrogen (secondary N) is 1. The monoisotopic (exact) mass is 295 g/mol. The van der Waals surface area contributed by atoms with Crippen LogP contribution in [0.25, 0.3) is 0 Å². The number of amides is 2. The van der Waals surface area contributed by atoms with E-state index in [1.807, 2.05) is 0 Å². The fourth-order valence-corrected chi connectivity index (χ4v) is 3.56. The second kappa shape index (κ2) is 5.83. The van der Waals surface area contributed by atoms with Crippen molar-refractivity contribution in [3.63, 3.8) is 0 Å². The highest BCUT2D eigenvalue weighted by molar-refractivity contribution is 5.86. The van der Waals surface area contributed by atoms with E-state index in [1.54, 1.807) is 4.90 Å². The van der Waals surface area contributed by atoms with Crippen LogP contribution in [0.3, 0.4) is 0 Å². The maximum absolute atomic E-state index is 12.4. The van der Waals surface area contributed by atoms with Crippen LogP contribution in [0.15, 0.2) is 0 Å². The second-order valence-electron chi connectivity index (χ2n) is 6.63. The van der Waals surface area contributed by atoms with Gasteiger partial charge in [-0.3, -0.25) is 4.90 Å². The zero-order valence-corrected chi connectivity index (χ0v) is 12.5. The van der Waals surface area contributed by atoms with E-state index in [0.717, 1.165) is 38.4 Å². The molecular formula is C15H25N3O3. The van der Waals surface area contributed by atoms with E-state index in [0.29, 0.717) is 25.9 Å². The molecule has 1 aliphatic heterocycles. The minimum absolute atomic E-state index is 0.199. The summed E-state index contributed by atoms with van der Waals surface area (Å²) in [6, 6.07) is 0.536. The average molecular weight is 295 g/mol. The number of carboxylic acid groups (broad SMARTS) is 1. The van der Waals surface area contributed by atoms with E-state index in [2.05, 4.69) is 10.2 Å². The van der Waals surface area contributed by atoms with Crippen molar-refractivity contribution in [2.75, 3.05) is 26.2 Å². The molecule has 118 valence electrons. The summed E-state index contributed by atoms with van der Waals surface area (Å²) in [5.74, 6) is -0.882. The summed E-state index contributed by atoms with van der Waals surface area (Å²) in [6.45, 7) is 3.24. The quantitative estimate of drug-likeness (QED) is 0.822. The first-order valence-corrected chi connectivity index (χ1v) is 8.15. The molecule has 21 heavy (non-hydrogen) atoms. The molecule has 0 bridgehead atoms. The van der Waals surface area contributed by atoms with Crippen LogP contribution in [0.1, 0.15) is 44.9 Å². The van der Waals surface area contributed by atoms with Crippen molar-refractivity contribution in [2.24, 2.45) is 0 Å². The minimum atomic E-state index is -1.04. The molecule has 0 aromatic carbocycles. The molecule has 6 nitrogen and oxygen atoms in total. The minimum Gasteiger partial charge on any atom is -0.480 e. The van der Waals surface area contributed by atoms with Gasteiger partial charge < -0.3 is 15.3 Å². The van der Waals surface area contributed by atoms with Gasteiger partial charge in [-0.2, -0.15) is 0 Å². The molecule has 0 aromatic rings. The van der Waals surface area contributed by atoms with Gasteiger partial charge in [0.25, 0.3) is 0 Å². The Morgan fingerprint density at radius 2 is 1.62 bits per heavy atom. The Labute approximate surface area is 125 Å². The van der Waals surface area contributed by atoms with Crippen LogP contribution in [-0.2, 0) is 4.79 Å². The van der Waals surface area contributed by atoms with Crippen molar-refractivity contribution in [2.45, 2.75) is 56.5 Å². The molecule has 3 fully saturated rings. The van der Waals surface area contributed by atoms with Crippen molar-refractivity contribution in [1.82, 2.24) is 15.1 Å². The van der Waals surface area contributed by atoms with Crippen LogP contribution in [-0.4, -0.2) is 64.7 Å². The van der Waals surface area contributed by atoms with Crippen LogP contribution in [0.2, 0.25) is 0 Å². The summed E-state index contributed by atoms with van der Waals surface area (Å²) < 4.78 is 0. The Hall–Kier alpha value is -1.30. The Morgan fingerprint density at radius 3 is 2.14 bits per heavy atom. The van der Waals surface area contributed by atoms with E-state index in [4.69, 9.17) is 0 Å². The number of piperazine rings is 1. The van der Waals surface area contributed by atoms with E-state index in [9.17, 15) is 14.7 Å². The molecule has 0 spiro atoms. The van der Waals surface area contributed by atoms with Gasteiger partial charge in [-0.05, 0) is 25.7 Å². The van der Waals surface area contributed by atoms with Crippen molar-refractivity contribution in [3.05, 3.63) is 0 Å². The molecule has 2 aliphatic carbocycles. The van der Waals surface area contributed by atoms with Crippen LogP contribution < -0.4 is 5.32 Å². The summed E-state index contributed by atoms with van der Waals surface area (Å²) in [5.41, 5.74) is -1.04. The largest absolute Gasteiger partial charge is 0.480 e. The number of carbonyl (C=O) groups excluding carboxylic acids is 1. The zero-order valence-electron chi connectivity index (χ0n) is 12.5. The molecule has 0 atom stereocenters. The SMILES string of the molecule is O=C(NC1(C(=O)O)CCCCC1)N1CCN(C2CC2)CC1. The van der Waals surface area contributed by atoms with Crippen molar-refractivity contribution >= 4 is 12.0 Å². The van der Waals surface area contributed by atoms with Crippen LogP contribution in [0.4, 0.5) is 4.79 Å². The number of carbonyl (C=O) groups is 2. The standard InChI is InChI=1S/C15H25N3O3/c19-13(20)15(6-2-1-3-7-15)16-14(21)18-10-8-17(9-11-18)12-4-5-12/h12H,1-11H2,(H,16,21)(H,19,20). The first-order valence-electron chi connectivity index (χ1n) is 8.15. The van der Waals surface area contributed by atoms with Crippen molar-refractivity contribution in [3.8, 4) is 0 Å². The molecule has 1 saturated heterocycles. The molecule has 3 rings (SSSR count). The number of hydrogen-bond donors (Lipinski definition) is 2. The predicted octanol–water partition coefficient (Wildman–Crippen LogP) is 1.26. The van der Waals surface area contributed by atoms with Gasteiger partial charge in [0.2, 0.25) is 0 Å². The molecule has 0 radical (unpaired) electrons. The third kappa shape index (κ3) is 3.15. The molecule has 2 amide bonds. The summed E-state index contributed by atoms with van der Waals surface area (Å²) in [5, 5.41) is 12.3. The fourth-order valence-electron chi connectivity index (χ4n) is 3.56. The normalized spacial score (nSPS) is 26.4. The maximum Gasteiger partial charge on any atom is 0.329 e. The maximum atomic E-state index is 12.4. The van der Waals surface area contributed by atoms with Gasteiger partial charge in [0.05, 0.1) is 0 Å². The van der Waals surface area contributed by atoms with Gasteiger partial charge in [0.1, 0.15) is 5.54 Å². The van der Waals surface area contributed by atoms with Crippen LogP contribution >= 0.6 is 0 Å². The van der Waals surface area contributed by atoms with E-state index < -0.39 is 11.5 Å². The molecule has 6 heteroatoms. The lowest BCUT2D eigenvalue weighted by molar-refractivity contribution is -0.146. The topological polar surface area (TPSA) is 72.9 Å². The molecule has 1 heterocycles. The lowest BCUT2D eigenvalue weighted by Crippen LogP contribution is -2.61. The molecule has 2 N–H and O–H groups in total. The number of rotatable bonds is 3.